The Balaban J connectivity index is 0.963. The molecule has 10 aliphatic rings. The number of ether oxygens (including phenoxy) is 5. The van der Waals surface area contributed by atoms with Crippen LogP contribution >= 0.6 is 23.2 Å². The summed E-state index contributed by atoms with van der Waals surface area (Å²) in [6, 6.07) is 4.19. The van der Waals surface area contributed by atoms with Crippen LogP contribution < -0.4 is 82.6 Å². The van der Waals surface area contributed by atoms with Gasteiger partial charge in [0.15, 0.2) is 11.5 Å². The minimum atomic E-state index is -3.46. The van der Waals surface area contributed by atoms with Gasteiger partial charge in [0.2, 0.25) is 69.3 Å². The number of aromatic hydroxyl groups is 3. The van der Waals surface area contributed by atoms with Crippen molar-refractivity contribution in [1.29, 1.82) is 0 Å². The van der Waals surface area contributed by atoms with Gasteiger partial charge >= 0.3 is 6.03 Å². The van der Waals surface area contributed by atoms with E-state index in [-0.39, 0.29) is 105 Å². The highest BCUT2D eigenvalue weighted by Gasteiger charge is 2.51. The second-order valence-electron chi connectivity index (χ2n) is 31.3. The highest BCUT2D eigenvalue weighted by molar-refractivity contribution is 7.88. The van der Waals surface area contributed by atoms with Crippen LogP contribution in [0.4, 0.5) is 10.5 Å². The molecule has 16 rings (SSSR count). The number of amides is 10. The molecule has 15 bridgehead atoms. The van der Waals surface area contributed by atoms with Crippen molar-refractivity contribution in [3.63, 3.8) is 0 Å². The Labute approximate surface area is 691 Å². The quantitative estimate of drug-likeness (QED) is 0.0518. The Morgan fingerprint density at radius 1 is 0.647 bits per heavy atom. The number of imide groups is 1. The molecule has 5 fully saturated rings. The van der Waals surface area contributed by atoms with E-state index in [1.807, 2.05) is 13.8 Å². The number of fused-ring (bicyclic) bond motifs is 15. The molecule has 4 saturated carbocycles. The molecule has 0 unspecified atom stereocenters. The van der Waals surface area contributed by atoms with Gasteiger partial charge in [0.25, 0.3) is 0 Å². The van der Waals surface area contributed by atoms with E-state index < -0.39 is 207 Å². The lowest BCUT2D eigenvalue weighted by molar-refractivity contribution is -0.270. The topological polar surface area (TPSA) is 554 Å². The SMILES string of the molecule is CN[C@H](CC(C)C)C(=O)N[C@H]1C(=O)N[C@@H](CC(=O)NC(=O)Nc2ccc(OCCCNS(C)(=O)=O)cc2)C(=O)N[C@H]2C(=O)N[C@H]3C(=O)N[C@H](C(=O)N[C@H](C(=O)NC4C5CC6CC(C5)CC4C6)c4cc(O)cc(O)c4-c4cc3ccc4O)[C@H](O)c3ccc(c(Cl)c3)Oc3cc2cc(c3O[C@@H]2O[C@H](CN)[C@@H](O)[C@H](O)[C@H]2O)Oc2ccc(cc2Cl)[C@H]1O. The summed E-state index contributed by atoms with van der Waals surface area (Å²) in [5.74, 6) is -13.4. The highest BCUT2D eigenvalue weighted by atomic mass is 35.5. The molecule has 119 heavy (non-hydrogen) atoms. The van der Waals surface area contributed by atoms with Crippen LogP contribution in [0, 0.1) is 29.6 Å². The number of rotatable bonds is 19. The summed E-state index contributed by atoms with van der Waals surface area (Å²) in [6.45, 7) is 3.32. The van der Waals surface area contributed by atoms with Crippen molar-refractivity contribution in [2.75, 3.05) is 38.3 Å². The fraction of sp³-hybridized carbons (Fsp3) is 0.438. The number of urea groups is 1. The Morgan fingerprint density at radius 3 is 1.87 bits per heavy atom. The summed E-state index contributed by atoms with van der Waals surface area (Å²) in [7, 11) is -1.99. The van der Waals surface area contributed by atoms with E-state index >= 15 is 28.8 Å². The molecular formula is C80H92Cl2N12O24S. The molecule has 14 atom stereocenters. The summed E-state index contributed by atoms with van der Waals surface area (Å²) in [5, 5.41) is 120. The zero-order chi connectivity index (χ0) is 85.3. The van der Waals surface area contributed by atoms with Crippen molar-refractivity contribution >= 4 is 92.2 Å². The number of carbonyl (C=O) groups excluding carboxylic acids is 9. The number of nitrogens with one attached hydrogen (secondary N) is 11. The molecule has 0 spiro atoms. The number of halogens is 2. The molecule has 6 aromatic rings. The molecule has 36 nitrogen and oxygen atoms in total. The van der Waals surface area contributed by atoms with Gasteiger partial charge in [-0.15, -0.1) is 0 Å². The average Bonchev–Trinajstić information content (AvgIpc) is 0.761. The van der Waals surface area contributed by atoms with Gasteiger partial charge in [0.1, 0.15) is 107 Å². The minimum Gasteiger partial charge on any atom is -0.508 e. The van der Waals surface area contributed by atoms with E-state index in [0.29, 0.717) is 17.6 Å². The first-order chi connectivity index (χ1) is 56.6. The van der Waals surface area contributed by atoms with Crippen LogP contribution in [0.1, 0.15) is 123 Å². The Bertz CT molecular complexity index is 5020. The zero-order valence-electron chi connectivity index (χ0n) is 64.5. The molecular weight excluding hydrogens is 1620 g/mol. The van der Waals surface area contributed by atoms with Crippen molar-refractivity contribution in [3.05, 3.63) is 141 Å². The van der Waals surface area contributed by atoms with Crippen LogP contribution in [0.2, 0.25) is 10.0 Å². The van der Waals surface area contributed by atoms with Gasteiger partial charge in [-0.1, -0.05) is 55.2 Å². The number of phenols is 3. The summed E-state index contributed by atoms with van der Waals surface area (Å²) in [6.07, 6.45) is -9.14. The van der Waals surface area contributed by atoms with E-state index in [4.69, 9.17) is 52.6 Å². The second-order valence-corrected chi connectivity index (χ2v) is 33.9. The highest BCUT2D eigenvalue weighted by Crippen LogP contribution is 2.55. The fourth-order valence-electron chi connectivity index (χ4n) is 16.7. The van der Waals surface area contributed by atoms with Crippen molar-refractivity contribution in [1.82, 2.24) is 52.6 Å². The lowest BCUT2D eigenvalue weighted by Gasteiger charge is -2.54. The van der Waals surface area contributed by atoms with Crippen LogP contribution in [0.3, 0.4) is 0 Å². The maximum atomic E-state index is 16.4. The van der Waals surface area contributed by atoms with Gasteiger partial charge in [-0.25, -0.2) is 17.9 Å². The molecule has 6 heterocycles. The zero-order valence-corrected chi connectivity index (χ0v) is 66.8. The molecule has 0 radical (unpaired) electrons. The Hall–Kier alpha value is -10.7. The monoisotopic (exact) mass is 1710 g/mol. The van der Waals surface area contributed by atoms with Gasteiger partial charge in [-0.2, -0.15) is 0 Å². The first-order valence-electron chi connectivity index (χ1n) is 38.6. The van der Waals surface area contributed by atoms with Gasteiger partial charge in [-0.3, -0.25) is 43.7 Å². The third-order valence-corrected chi connectivity index (χ3v) is 23.6. The first-order valence-corrected chi connectivity index (χ1v) is 41.3. The lowest BCUT2D eigenvalue weighted by Crippen LogP contribution is -2.60. The van der Waals surface area contributed by atoms with Crippen molar-refractivity contribution < 1.29 is 116 Å². The summed E-state index contributed by atoms with van der Waals surface area (Å²) in [5.41, 5.74) is 3.81. The Kier molecular flexibility index (Phi) is 26.1. The number of hydrogen-bond acceptors (Lipinski definition) is 26. The van der Waals surface area contributed by atoms with Gasteiger partial charge in [0.05, 0.1) is 35.4 Å². The van der Waals surface area contributed by atoms with E-state index in [2.05, 4.69) is 57.9 Å². The van der Waals surface area contributed by atoms with Crippen LogP contribution in [-0.2, 0) is 53.1 Å². The number of phenolic OH excluding ortho intramolecular Hbond substituents is 3. The van der Waals surface area contributed by atoms with Crippen molar-refractivity contribution in [3.8, 4) is 62.9 Å². The minimum absolute atomic E-state index is 0.0594. The third kappa shape index (κ3) is 19.5. The molecule has 6 aliphatic heterocycles. The summed E-state index contributed by atoms with van der Waals surface area (Å²) >= 11 is 14.3. The molecule has 6 aromatic carbocycles. The van der Waals surface area contributed by atoms with Crippen LogP contribution in [0.15, 0.2) is 103 Å². The second kappa shape index (κ2) is 36.1. The molecule has 39 heteroatoms. The van der Waals surface area contributed by atoms with Crippen LogP contribution in [-0.4, -0.2) is 196 Å². The van der Waals surface area contributed by atoms with E-state index in [1.54, 1.807) is 0 Å². The number of sulfonamides is 1. The predicted molar refractivity (Wildman–Crippen MR) is 424 cm³/mol. The number of aliphatic hydroxyl groups is 5. The number of anilines is 1. The van der Waals surface area contributed by atoms with E-state index in [9.17, 15) is 63.7 Å². The number of likely N-dealkylation sites (N-methyl/N-ethyl adjacent to an activating group) is 1. The Morgan fingerprint density at radius 2 is 1.26 bits per heavy atom. The van der Waals surface area contributed by atoms with Gasteiger partial charge in [-0.05, 0) is 188 Å². The standard InChI is InChI=1S/C80H92Cl2N12O24S/c1-33(2)18-49(84-3)72(104)93-64-66(99)37-7-14-53(47(81)25-37)115-55-27-41-28-56(71(55)118-79-70(103)69(102)68(101)57(32-83)117-79)116-54-15-8-38(26-48(54)82)67(100)65-78(110)92-63(76(108)89-60-39-20-34-19-35(22-39)23-40(60)21-34)46-29-43(95)30-52(97)59(46)45-24-36(6-13-51(45)96)61(74(106)94-65)91-75(107)62(41)90-73(105)50(87-77(64)109)31-58(98)88-80(111)86-42-9-11-44(12-10-42)114-17-5-16-85-119(4,112)113/h6-15,24-30,33-35,39-40,49-50,57,60-70,79,84-85,95-97,99-103H,5,16-23,31-32,83H2,1-4H3,(H,87,109)(H,89,108)(H,90,105)(H,91,107)(H,92,110)(H,93,104)(H,94,106)(H2,86,88,98,111)/t34?,35?,39?,40?,49-,50+,57-,60?,61-,62-,63+,64-,65+,66-,67-,68-,69+,70-,79+/m1/s1. The van der Waals surface area contributed by atoms with Gasteiger partial charge < -0.3 is 118 Å². The summed E-state index contributed by atoms with van der Waals surface area (Å²) < 4.78 is 56.7. The maximum Gasteiger partial charge on any atom is 0.325 e. The van der Waals surface area contributed by atoms with Gasteiger partial charge in [0, 0.05) is 42.0 Å². The smallest absolute Gasteiger partial charge is 0.325 e. The molecule has 4 aliphatic carbocycles. The summed E-state index contributed by atoms with van der Waals surface area (Å²) in [4.78, 5) is 137. The normalized spacial score (nSPS) is 27.5. The van der Waals surface area contributed by atoms with Crippen molar-refractivity contribution in [2.45, 2.75) is 156 Å². The average molecular weight is 1710 g/mol. The molecule has 10 amide bonds. The number of nitrogens with two attached hydrogens (primary N) is 1. The van der Waals surface area contributed by atoms with E-state index in [0.717, 1.165) is 93.0 Å². The maximum absolute atomic E-state index is 16.4. The molecule has 21 N–H and O–H groups in total. The fourth-order valence-corrected chi connectivity index (χ4v) is 17.6. The van der Waals surface area contributed by atoms with Crippen LogP contribution in [0.25, 0.3) is 11.1 Å². The molecule has 636 valence electrons. The molecule has 0 aromatic heterocycles. The van der Waals surface area contributed by atoms with Crippen molar-refractivity contribution in [2.24, 2.45) is 35.3 Å². The number of hydrogen-bond donors (Lipinski definition) is 20. The largest absolute Gasteiger partial charge is 0.508 e. The van der Waals surface area contributed by atoms with Crippen LogP contribution in [0.5, 0.6) is 51.7 Å². The van der Waals surface area contributed by atoms with E-state index in [1.165, 1.54) is 55.6 Å². The number of aliphatic hydroxyl groups excluding tert-OH is 5. The number of carbonyl (C=O) groups is 9. The predicted octanol–water partition coefficient (Wildman–Crippen LogP) is 2.87. The lowest BCUT2D eigenvalue weighted by atomic mass is 9.54. The number of benzene rings is 6. The first kappa shape index (κ1) is 86.2. The molecule has 1 saturated heterocycles. The third-order valence-electron chi connectivity index (χ3n) is 22.3.